The van der Waals surface area contributed by atoms with Crippen LogP contribution in [-0.2, 0) is 15.0 Å². The summed E-state index contributed by atoms with van der Waals surface area (Å²) in [4.78, 5) is 67.2. The molecule has 2 bridgehead atoms. The number of aryl methyl sites for hydroxylation is 1. The van der Waals surface area contributed by atoms with Crippen molar-refractivity contribution in [3.63, 3.8) is 0 Å². The molecular formula is C52H36B2F6N4O8. The van der Waals surface area contributed by atoms with Gasteiger partial charge in [0, 0.05) is 28.1 Å². The van der Waals surface area contributed by atoms with Gasteiger partial charge in [-0.05, 0) is 139 Å². The summed E-state index contributed by atoms with van der Waals surface area (Å²) in [6, 6.07) is 28.1. The summed E-state index contributed by atoms with van der Waals surface area (Å²) in [5.41, 5.74) is -6.63. The first-order valence-electron chi connectivity index (χ1n) is 22.0. The van der Waals surface area contributed by atoms with Gasteiger partial charge in [-0.2, -0.15) is 26.3 Å². The molecule has 0 aromatic heterocycles. The predicted octanol–water partition coefficient (Wildman–Crippen LogP) is 10.2. The van der Waals surface area contributed by atoms with Crippen LogP contribution in [0.15, 0.2) is 146 Å². The van der Waals surface area contributed by atoms with Crippen LogP contribution in [0.2, 0.25) is 0 Å². The summed E-state index contributed by atoms with van der Waals surface area (Å²) in [5, 5.41) is 7.84. The molecule has 5 amide bonds. The molecule has 20 heteroatoms. The molecule has 1 saturated carbocycles. The number of nitrogens with zero attached hydrogens (tertiary/aromatic N) is 1. The molecule has 6 aromatic rings. The lowest BCUT2D eigenvalue weighted by molar-refractivity contribution is -0.288. The molecule has 1 aliphatic heterocycles. The van der Waals surface area contributed by atoms with Gasteiger partial charge in [0.05, 0.1) is 23.2 Å². The number of halogens is 6. The summed E-state index contributed by atoms with van der Waals surface area (Å²) >= 11 is 0. The number of anilines is 4. The predicted molar refractivity (Wildman–Crippen MR) is 253 cm³/mol. The fourth-order valence-electron chi connectivity index (χ4n) is 9.58. The van der Waals surface area contributed by atoms with Crippen molar-refractivity contribution in [1.29, 1.82) is 0 Å². The second-order valence-electron chi connectivity index (χ2n) is 17.3. The van der Waals surface area contributed by atoms with Crippen LogP contribution in [0.3, 0.4) is 0 Å². The van der Waals surface area contributed by atoms with Crippen LogP contribution < -0.4 is 34.9 Å². The Labute approximate surface area is 409 Å². The Bertz CT molecular complexity index is 3120. The Morgan fingerprint density at radius 1 is 0.569 bits per heavy atom. The van der Waals surface area contributed by atoms with Crippen molar-refractivity contribution < 1.29 is 64.4 Å². The molecule has 360 valence electrons. The number of carbonyl (C=O) groups is 5. The van der Waals surface area contributed by atoms with E-state index in [0.29, 0.717) is 64.7 Å². The minimum absolute atomic E-state index is 0.116. The first kappa shape index (κ1) is 48.7. The average Bonchev–Trinajstić information content (AvgIpc) is 4.04. The molecule has 4 unspecified atom stereocenters. The van der Waals surface area contributed by atoms with Gasteiger partial charge in [-0.15, -0.1) is 0 Å². The van der Waals surface area contributed by atoms with Crippen LogP contribution in [0.1, 0.15) is 54.2 Å². The van der Waals surface area contributed by atoms with Crippen molar-refractivity contribution in [3.05, 3.63) is 179 Å². The van der Waals surface area contributed by atoms with E-state index in [1.165, 1.54) is 48.5 Å². The summed E-state index contributed by atoms with van der Waals surface area (Å²) < 4.78 is 109. The van der Waals surface area contributed by atoms with E-state index < -0.39 is 87.2 Å². The van der Waals surface area contributed by atoms with Crippen molar-refractivity contribution in [2.24, 2.45) is 23.7 Å². The number of amides is 5. The topological polar surface area (TPSA) is 152 Å². The molecule has 3 N–H and O–H groups in total. The number of benzene rings is 6. The molecule has 4 radical (unpaired) electrons. The number of hydrogen-bond acceptors (Lipinski definition) is 8. The van der Waals surface area contributed by atoms with Gasteiger partial charge < -0.3 is 30.0 Å². The fourth-order valence-corrected chi connectivity index (χ4v) is 9.58. The van der Waals surface area contributed by atoms with E-state index in [1.54, 1.807) is 48.6 Å². The van der Waals surface area contributed by atoms with Gasteiger partial charge in [0.15, 0.2) is 0 Å². The third-order valence-corrected chi connectivity index (χ3v) is 13.0. The SMILES string of the molecule is [B]Oc1ccc(C(c2ccc(O[B])c(N3C(=O)C4C5C=CC(C5)C4C3=O)c2)(C(F)(F)F)C(F)(F)F)cc1NC(=O)c1ccc(Oc2ccc(C(=O)Nc3cccc(NC(=O)c4ccc(C)cc4)c3)cc2)cc1. The lowest BCUT2D eigenvalue weighted by Crippen LogP contribution is -2.55. The molecule has 0 spiro atoms. The summed E-state index contributed by atoms with van der Waals surface area (Å²) in [6.07, 6.45) is -8.28. The van der Waals surface area contributed by atoms with Crippen LogP contribution >= 0.6 is 0 Å². The number of imide groups is 1. The van der Waals surface area contributed by atoms with Gasteiger partial charge in [0.2, 0.25) is 17.2 Å². The third-order valence-electron chi connectivity index (χ3n) is 13.0. The van der Waals surface area contributed by atoms with E-state index in [1.807, 2.05) is 19.1 Å². The van der Waals surface area contributed by atoms with Crippen LogP contribution in [0.5, 0.6) is 23.0 Å². The third kappa shape index (κ3) is 8.81. The molecule has 2 fully saturated rings. The smallest absolute Gasteiger partial charge is 0.411 e. The summed E-state index contributed by atoms with van der Waals surface area (Å²) in [5.74, 6) is -6.33. The van der Waals surface area contributed by atoms with E-state index >= 15 is 26.3 Å². The number of rotatable bonds is 13. The molecule has 72 heavy (non-hydrogen) atoms. The van der Waals surface area contributed by atoms with Gasteiger partial charge in [-0.25, -0.2) is 4.90 Å². The zero-order valence-electron chi connectivity index (χ0n) is 37.5. The van der Waals surface area contributed by atoms with E-state index in [4.69, 9.17) is 30.1 Å². The maximum atomic E-state index is 15.5. The van der Waals surface area contributed by atoms with Gasteiger partial charge in [-0.3, -0.25) is 24.0 Å². The largest absolute Gasteiger partial charge is 0.566 e. The van der Waals surface area contributed by atoms with Crippen molar-refractivity contribution in [2.45, 2.75) is 31.1 Å². The van der Waals surface area contributed by atoms with Gasteiger partial charge in [0.1, 0.15) is 23.0 Å². The molecule has 1 heterocycles. The molecule has 1 saturated heterocycles. The number of fused-ring (bicyclic) bond motifs is 5. The Kier molecular flexibility index (Phi) is 12.7. The second-order valence-corrected chi connectivity index (χ2v) is 17.3. The van der Waals surface area contributed by atoms with Crippen LogP contribution in [0.4, 0.5) is 49.1 Å². The molecule has 12 nitrogen and oxygen atoms in total. The van der Waals surface area contributed by atoms with E-state index in [-0.39, 0.29) is 40.4 Å². The molecule has 6 aromatic carbocycles. The second kappa shape index (κ2) is 18.8. The number of alkyl halides is 6. The lowest BCUT2D eigenvalue weighted by Gasteiger charge is -2.39. The Balaban J connectivity index is 0.908. The summed E-state index contributed by atoms with van der Waals surface area (Å²) in [7, 11) is 10.7. The Hall–Kier alpha value is -8.28. The first-order chi connectivity index (χ1) is 34.3. The van der Waals surface area contributed by atoms with Gasteiger partial charge in [0.25, 0.3) is 17.7 Å². The minimum Gasteiger partial charge on any atom is -0.566 e. The lowest BCUT2D eigenvalue weighted by atomic mass is 9.72. The maximum Gasteiger partial charge on any atom is 0.411 e. The average molecular weight is 980 g/mol. The van der Waals surface area contributed by atoms with Crippen molar-refractivity contribution in [2.75, 3.05) is 20.9 Å². The first-order valence-corrected chi connectivity index (χ1v) is 22.0. The highest BCUT2D eigenvalue weighted by atomic mass is 19.4. The van der Waals surface area contributed by atoms with Gasteiger partial charge >= 0.3 is 28.5 Å². The monoisotopic (exact) mass is 980 g/mol. The maximum absolute atomic E-state index is 15.5. The quantitative estimate of drug-likeness (QED) is 0.0448. The Morgan fingerprint density at radius 3 is 1.49 bits per heavy atom. The van der Waals surface area contributed by atoms with Crippen molar-refractivity contribution >= 4 is 68.4 Å². The molecule has 9 rings (SSSR count). The molecule has 4 atom stereocenters. The van der Waals surface area contributed by atoms with E-state index in [9.17, 15) is 24.0 Å². The number of carbonyl (C=O) groups excluding carboxylic acids is 5. The van der Waals surface area contributed by atoms with Crippen LogP contribution in [-0.4, -0.2) is 58.0 Å². The van der Waals surface area contributed by atoms with E-state index in [0.717, 1.165) is 5.56 Å². The van der Waals surface area contributed by atoms with Crippen molar-refractivity contribution in [1.82, 2.24) is 0 Å². The Morgan fingerprint density at radius 2 is 1.01 bits per heavy atom. The highest BCUT2D eigenvalue weighted by molar-refractivity contribution is 6.24. The normalized spacial score (nSPS) is 18.1. The molecule has 2 aliphatic carbocycles. The highest BCUT2D eigenvalue weighted by Gasteiger charge is 2.73. The fraction of sp³-hybridized carbons (Fsp3) is 0.173. The van der Waals surface area contributed by atoms with Crippen LogP contribution in [0.25, 0.3) is 0 Å². The number of nitrogens with one attached hydrogen (secondary N) is 3. The van der Waals surface area contributed by atoms with Gasteiger partial charge in [-0.1, -0.05) is 48.0 Å². The van der Waals surface area contributed by atoms with Crippen LogP contribution in [0, 0.1) is 30.6 Å². The number of hydrogen-bond donors (Lipinski definition) is 3. The molecule has 3 aliphatic rings. The number of ether oxygens (including phenoxy) is 1. The minimum atomic E-state index is -6.16. The van der Waals surface area contributed by atoms with E-state index in [2.05, 4.69) is 16.0 Å². The standard InChI is InChI=1S/C52H36B2F6N4O8/c1-27-5-7-28(8-6-27)45(65)61-35-3-2-4-36(26-35)62-46(66)29-11-17-37(18-12-29)70-38-19-13-30(14-20-38)47(67)63-39-24-33(15-21-41(39)71-53)50(51(55,56)57,52(58,59)60)34-16-22-42(72-54)40(25-34)64-48(68)43-31-9-10-32(23-31)44(43)49(64)69/h2-22,24-26,31-32,43-44H,23H2,1H3,(H,61,65)(H,62,66)(H,63,67). The molecular weight excluding hydrogens is 944 g/mol. The number of allylic oxidation sites excluding steroid dienone is 2. The summed E-state index contributed by atoms with van der Waals surface area (Å²) in [6.45, 7) is 1.91. The zero-order valence-corrected chi connectivity index (χ0v) is 37.5. The highest BCUT2D eigenvalue weighted by Crippen LogP contribution is 2.59. The van der Waals surface area contributed by atoms with Crippen molar-refractivity contribution in [3.8, 4) is 23.0 Å². The zero-order chi connectivity index (χ0) is 51.3.